The topological polar surface area (TPSA) is 72.5 Å². The first kappa shape index (κ1) is 17.2. The Labute approximate surface area is 145 Å². The summed E-state index contributed by atoms with van der Waals surface area (Å²) >= 11 is 6.04. The number of fused-ring (bicyclic) bond motifs is 1. The molecular weight excluding hydrogens is 359 g/mol. The van der Waals surface area contributed by atoms with Gasteiger partial charge in [-0.05, 0) is 35.9 Å². The Morgan fingerprint density at radius 2 is 1.96 bits per heavy atom. The summed E-state index contributed by atoms with van der Waals surface area (Å²) in [6, 6.07) is 9.27. The molecule has 4 nitrogen and oxygen atoms in total. The van der Waals surface area contributed by atoms with Gasteiger partial charge in [-0.3, -0.25) is 0 Å². The molecule has 3 rings (SSSR count). The minimum atomic E-state index is -4.88. The Kier molecular flexibility index (Phi) is 4.12. The number of rotatable bonds is 2. The van der Waals surface area contributed by atoms with Gasteiger partial charge in [0.15, 0.2) is 0 Å². The number of ether oxygens (including phenoxy) is 1. The molecule has 1 aliphatic heterocycles. The predicted octanol–water partition coefficient (Wildman–Crippen LogP) is 4.38. The predicted molar refractivity (Wildman–Crippen MR) is 87.4 cm³/mol. The number of hydrogen-bond acceptors (Lipinski definition) is 3. The van der Waals surface area contributed by atoms with E-state index >= 15 is 0 Å². The Morgan fingerprint density at radius 1 is 1.24 bits per heavy atom. The smallest absolute Gasteiger partial charge is 0.430 e. The average Bonchev–Trinajstić information content (AvgIpc) is 2.51. The quantitative estimate of drug-likeness (QED) is 0.770. The van der Waals surface area contributed by atoms with Crippen molar-refractivity contribution < 1.29 is 27.8 Å². The van der Waals surface area contributed by atoms with Gasteiger partial charge in [0, 0.05) is 21.8 Å². The van der Waals surface area contributed by atoms with Crippen molar-refractivity contribution in [3.63, 3.8) is 0 Å². The highest BCUT2D eigenvalue weighted by molar-refractivity contribution is 6.31. The van der Waals surface area contributed by atoms with E-state index in [1.807, 2.05) is 0 Å². The second-order valence-corrected chi connectivity index (χ2v) is 5.88. The highest BCUT2D eigenvalue weighted by atomic mass is 35.5. The van der Waals surface area contributed by atoms with E-state index in [0.717, 1.165) is 6.08 Å². The molecule has 2 aromatic rings. The Bertz CT molecular complexity index is 893. The summed E-state index contributed by atoms with van der Waals surface area (Å²) in [4.78, 5) is 11.2. The van der Waals surface area contributed by atoms with Crippen LogP contribution in [0.3, 0.4) is 0 Å². The maximum Gasteiger partial charge on any atom is 0.430 e. The molecule has 8 heteroatoms. The third-order valence-electron chi connectivity index (χ3n) is 3.65. The third kappa shape index (κ3) is 3.28. The number of nitrogen functional groups attached to an aromatic ring is 1. The number of carboxylic acids is 1. The largest absolute Gasteiger partial charge is 0.478 e. The van der Waals surface area contributed by atoms with Crippen molar-refractivity contribution in [2.75, 3.05) is 5.73 Å². The van der Waals surface area contributed by atoms with Crippen LogP contribution in [-0.2, 0) is 4.79 Å². The van der Waals surface area contributed by atoms with E-state index < -0.39 is 23.8 Å². The number of anilines is 1. The standard InChI is InChI=1S/C17H11ClF3NO3/c18-10-4-9-6-13(16(23)24)15(17(19,20)21)25-14(9)12(7-10)8-2-1-3-11(22)5-8/h1-7,15H,22H2,(H,23,24). The minimum absolute atomic E-state index is 0.0951. The first-order valence-corrected chi connectivity index (χ1v) is 7.42. The molecule has 0 fully saturated rings. The number of alkyl halides is 3. The molecule has 130 valence electrons. The van der Waals surface area contributed by atoms with Gasteiger partial charge in [0.25, 0.3) is 0 Å². The number of carbonyl (C=O) groups is 1. The van der Waals surface area contributed by atoms with Crippen LogP contribution in [0, 0.1) is 0 Å². The summed E-state index contributed by atoms with van der Waals surface area (Å²) in [5.41, 5.74) is 6.19. The second kappa shape index (κ2) is 6.00. The summed E-state index contributed by atoms with van der Waals surface area (Å²) in [5, 5.41) is 9.32. The van der Waals surface area contributed by atoms with Crippen molar-refractivity contribution in [2.45, 2.75) is 12.3 Å². The van der Waals surface area contributed by atoms with E-state index in [1.165, 1.54) is 12.1 Å². The lowest BCUT2D eigenvalue weighted by molar-refractivity contribution is -0.187. The van der Waals surface area contributed by atoms with Crippen molar-refractivity contribution in [1.82, 2.24) is 0 Å². The molecule has 0 aromatic heterocycles. The number of halogens is 4. The Morgan fingerprint density at radius 3 is 2.56 bits per heavy atom. The first-order chi connectivity index (χ1) is 11.7. The summed E-state index contributed by atoms with van der Waals surface area (Å²) in [6.45, 7) is 0. The number of aliphatic carboxylic acids is 1. The van der Waals surface area contributed by atoms with Gasteiger partial charge in [0.05, 0.1) is 5.57 Å². The van der Waals surface area contributed by atoms with Crippen molar-refractivity contribution >= 4 is 29.3 Å². The second-order valence-electron chi connectivity index (χ2n) is 5.44. The normalized spacial score (nSPS) is 16.6. The van der Waals surface area contributed by atoms with Gasteiger partial charge in [-0.25, -0.2) is 4.79 Å². The molecule has 0 saturated heterocycles. The van der Waals surface area contributed by atoms with Crippen LogP contribution in [0.1, 0.15) is 5.56 Å². The molecule has 1 atom stereocenters. The van der Waals surface area contributed by atoms with Crippen molar-refractivity contribution in [2.24, 2.45) is 0 Å². The van der Waals surface area contributed by atoms with Gasteiger partial charge in [0.2, 0.25) is 6.10 Å². The summed E-state index contributed by atoms with van der Waals surface area (Å²) < 4.78 is 44.8. The molecule has 2 aromatic carbocycles. The number of carboxylic acid groups (broad SMARTS) is 1. The van der Waals surface area contributed by atoms with Crippen molar-refractivity contribution in [3.8, 4) is 16.9 Å². The van der Waals surface area contributed by atoms with E-state index in [9.17, 15) is 18.0 Å². The third-order valence-corrected chi connectivity index (χ3v) is 3.87. The minimum Gasteiger partial charge on any atom is -0.478 e. The number of benzene rings is 2. The van der Waals surface area contributed by atoms with Crippen LogP contribution in [0.5, 0.6) is 5.75 Å². The zero-order chi connectivity index (χ0) is 18.4. The molecule has 25 heavy (non-hydrogen) atoms. The summed E-state index contributed by atoms with van der Waals surface area (Å²) in [6.07, 6.45) is -6.52. The Balaban J connectivity index is 2.24. The van der Waals surface area contributed by atoms with Crippen LogP contribution in [0.25, 0.3) is 17.2 Å². The van der Waals surface area contributed by atoms with Crippen LogP contribution < -0.4 is 10.5 Å². The fraction of sp³-hybridized carbons (Fsp3) is 0.118. The van der Waals surface area contributed by atoms with Gasteiger partial charge in [-0.1, -0.05) is 23.7 Å². The highest BCUT2D eigenvalue weighted by Crippen LogP contribution is 2.44. The zero-order valence-corrected chi connectivity index (χ0v) is 13.2. The van der Waals surface area contributed by atoms with Crippen molar-refractivity contribution in [3.05, 3.63) is 52.6 Å². The first-order valence-electron chi connectivity index (χ1n) is 7.04. The maximum absolute atomic E-state index is 13.2. The van der Waals surface area contributed by atoms with E-state index in [4.69, 9.17) is 27.2 Å². The molecule has 0 amide bonds. The number of nitrogens with two attached hydrogens (primary N) is 1. The van der Waals surface area contributed by atoms with E-state index in [1.54, 1.807) is 24.3 Å². The van der Waals surface area contributed by atoms with Gasteiger partial charge in [0.1, 0.15) is 5.75 Å². The van der Waals surface area contributed by atoms with E-state index in [0.29, 0.717) is 16.8 Å². The molecule has 0 radical (unpaired) electrons. The van der Waals surface area contributed by atoms with Gasteiger partial charge in [-0.2, -0.15) is 13.2 Å². The molecule has 1 aliphatic rings. The monoisotopic (exact) mass is 369 g/mol. The van der Waals surface area contributed by atoms with Crippen LogP contribution in [-0.4, -0.2) is 23.4 Å². The lowest BCUT2D eigenvalue weighted by Crippen LogP contribution is -2.40. The van der Waals surface area contributed by atoms with Gasteiger partial charge >= 0.3 is 12.1 Å². The van der Waals surface area contributed by atoms with Gasteiger partial charge in [-0.15, -0.1) is 0 Å². The summed E-state index contributed by atoms with van der Waals surface area (Å²) in [7, 11) is 0. The lowest BCUT2D eigenvalue weighted by atomic mass is 9.95. The fourth-order valence-electron chi connectivity index (χ4n) is 2.62. The fourth-order valence-corrected chi connectivity index (χ4v) is 2.84. The summed E-state index contributed by atoms with van der Waals surface area (Å²) in [5.74, 6) is -1.80. The van der Waals surface area contributed by atoms with E-state index in [2.05, 4.69) is 0 Å². The maximum atomic E-state index is 13.2. The van der Waals surface area contributed by atoms with Crippen molar-refractivity contribution in [1.29, 1.82) is 0 Å². The SMILES string of the molecule is Nc1cccc(-c2cc(Cl)cc3c2OC(C(F)(F)F)C(C(=O)O)=C3)c1. The molecule has 0 saturated carbocycles. The van der Waals surface area contributed by atoms with E-state index in [-0.39, 0.29) is 16.3 Å². The molecule has 0 aliphatic carbocycles. The average molecular weight is 370 g/mol. The van der Waals surface area contributed by atoms with Crippen LogP contribution in [0.2, 0.25) is 5.02 Å². The van der Waals surface area contributed by atoms with Crippen LogP contribution in [0.4, 0.5) is 18.9 Å². The highest BCUT2D eigenvalue weighted by Gasteiger charge is 2.48. The molecular formula is C17H11ClF3NO3. The van der Waals surface area contributed by atoms with Crippen LogP contribution in [0.15, 0.2) is 42.0 Å². The molecule has 0 spiro atoms. The lowest BCUT2D eigenvalue weighted by Gasteiger charge is -2.28. The molecule has 1 unspecified atom stereocenters. The van der Waals surface area contributed by atoms with Gasteiger partial charge < -0.3 is 15.6 Å². The number of hydrogen-bond donors (Lipinski definition) is 2. The zero-order valence-electron chi connectivity index (χ0n) is 12.5. The molecule has 0 bridgehead atoms. The molecule has 3 N–H and O–H groups in total. The van der Waals surface area contributed by atoms with Crippen LogP contribution >= 0.6 is 11.6 Å². The molecule has 1 heterocycles. The Hall–Kier alpha value is -2.67.